The van der Waals surface area contributed by atoms with Gasteiger partial charge in [0.1, 0.15) is 0 Å². The maximum atomic E-state index is 2.35. The third-order valence-corrected chi connectivity index (χ3v) is 6.31. The summed E-state index contributed by atoms with van der Waals surface area (Å²) in [5.41, 5.74) is 0. The summed E-state index contributed by atoms with van der Waals surface area (Å²) < 4.78 is 0. The fourth-order valence-corrected chi connectivity index (χ4v) is 4.91. The number of hydrogen-bond acceptors (Lipinski definition) is 0. The van der Waals surface area contributed by atoms with E-state index in [9.17, 15) is 0 Å². The Morgan fingerprint density at radius 2 is 0.700 bits per heavy atom. The van der Waals surface area contributed by atoms with E-state index in [2.05, 4.69) is 13.8 Å². The molecule has 0 aromatic heterocycles. The summed E-state index contributed by atoms with van der Waals surface area (Å²) in [4.78, 5) is 0. The van der Waals surface area contributed by atoms with Crippen LogP contribution in [0.3, 0.4) is 0 Å². The van der Waals surface area contributed by atoms with Crippen LogP contribution >= 0.6 is 0 Å². The Morgan fingerprint density at radius 3 is 0.950 bits per heavy atom. The van der Waals surface area contributed by atoms with Crippen LogP contribution in [0.5, 0.6) is 0 Å². The Labute approximate surface area is 128 Å². The molecule has 0 radical (unpaired) electrons. The molecule has 2 aliphatic carbocycles. The summed E-state index contributed by atoms with van der Waals surface area (Å²) >= 11 is 0. The molecule has 2 aliphatic rings. The molecule has 0 heteroatoms. The molecule has 0 unspecified atom stereocenters. The van der Waals surface area contributed by atoms with Crippen LogP contribution in [0.25, 0.3) is 0 Å². The summed E-state index contributed by atoms with van der Waals surface area (Å²) in [6.45, 7) is 4.70. The lowest BCUT2D eigenvalue weighted by Crippen LogP contribution is -2.18. The lowest BCUT2D eigenvalue weighted by atomic mass is 9.74. The maximum absolute atomic E-state index is 2.35. The molecule has 0 N–H and O–H groups in total. The zero-order valence-corrected chi connectivity index (χ0v) is 14.2. The normalized spacial score (nSPS) is 35.1. The predicted molar refractivity (Wildman–Crippen MR) is 89.9 cm³/mol. The van der Waals surface area contributed by atoms with Crippen LogP contribution in [-0.2, 0) is 0 Å². The first-order valence-corrected chi connectivity index (χ1v) is 9.81. The largest absolute Gasteiger partial charge is 0.0654 e. The van der Waals surface area contributed by atoms with E-state index in [-0.39, 0.29) is 0 Å². The maximum Gasteiger partial charge on any atom is -0.0414 e. The molecule has 0 spiro atoms. The fourth-order valence-electron chi connectivity index (χ4n) is 4.91. The Morgan fingerprint density at radius 1 is 0.450 bits per heavy atom. The van der Waals surface area contributed by atoms with Gasteiger partial charge in [0.2, 0.25) is 0 Å². The van der Waals surface area contributed by atoms with Crippen molar-refractivity contribution in [1.82, 2.24) is 0 Å². The molecule has 2 rings (SSSR count). The molecule has 2 saturated carbocycles. The summed E-state index contributed by atoms with van der Waals surface area (Å²) in [5.74, 6) is 4.36. The van der Waals surface area contributed by atoms with Gasteiger partial charge in [-0.1, -0.05) is 104 Å². The van der Waals surface area contributed by atoms with E-state index in [0.717, 1.165) is 23.7 Å². The SMILES string of the molecule is CCC[C@H]1CC[C@H](CC[C@H]2CC[C@H](CCC)CC2)CC1. The van der Waals surface area contributed by atoms with E-state index >= 15 is 0 Å². The Kier molecular flexibility index (Phi) is 7.45. The Bertz CT molecular complexity index is 202. The van der Waals surface area contributed by atoms with Gasteiger partial charge in [0.15, 0.2) is 0 Å². The van der Waals surface area contributed by atoms with Crippen LogP contribution in [-0.4, -0.2) is 0 Å². The average molecular weight is 279 g/mol. The van der Waals surface area contributed by atoms with Crippen LogP contribution in [0.1, 0.15) is 104 Å². The third-order valence-electron chi connectivity index (χ3n) is 6.31. The molecule has 0 saturated heterocycles. The van der Waals surface area contributed by atoms with Crippen LogP contribution in [0, 0.1) is 23.7 Å². The van der Waals surface area contributed by atoms with Crippen molar-refractivity contribution in [2.24, 2.45) is 23.7 Å². The average Bonchev–Trinajstić information content (AvgIpc) is 2.49. The quantitative estimate of drug-likeness (QED) is 0.471. The van der Waals surface area contributed by atoms with Gasteiger partial charge in [0, 0.05) is 0 Å². The molecule has 0 amide bonds. The first-order valence-electron chi connectivity index (χ1n) is 9.81. The molecule has 2 fully saturated rings. The van der Waals surface area contributed by atoms with Crippen molar-refractivity contribution in [2.45, 2.75) is 104 Å². The van der Waals surface area contributed by atoms with E-state index in [0.29, 0.717) is 0 Å². The van der Waals surface area contributed by atoms with Crippen LogP contribution in [0.2, 0.25) is 0 Å². The predicted octanol–water partition coefficient (Wildman–Crippen LogP) is 6.98. The second-order valence-electron chi connectivity index (χ2n) is 7.93. The van der Waals surface area contributed by atoms with E-state index in [1.807, 2.05) is 0 Å². The van der Waals surface area contributed by atoms with Crippen LogP contribution < -0.4 is 0 Å². The second-order valence-corrected chi connectivity index (χ2v) is 7.93. The monoisotopic (exact) mass is 278 g/mol. The minimum absolute atomic E-state index is 1.08. The van der Waals surface area contributed by atoms with Crippen LogP contribution in [0.4, 0.5) is 0 Å². The van der Waals surface area contributed by atoms with Gasteiger partial charge in [-0.2, -0.15) is 0 Å². The minimum Gasteiger partial charge on any atom is -0.0654 e. The van der Waals surface area contributed by atoms with E-state index in [1.54, 1.807) is 64.2 Å². The fraction of sp³-hybridized carbons (Fsp3) is 1.00. The van der Waals surface area contributed by atoms with Gasteiger partial charge in [-0.15, -0.1) is 0 Å². The minimum atomic E-state index is 1.08. The Balaban J connectivity index is 1.55. The highest BCUT2D eigenvalue weighted by atomic mass is 14.3. The van der Waals surface area contributed by atoms with Gasteiger partial charge in [-0.3, -0.25) is 0 Å². The zero-order chi connectivity index (χ0) is 14.2. The molecular formula is C20H38. The Hall–Kier alpha value is 0. The van der Waals surface area contributed by atoms with Crippen molar-refractivity contribution >= 4 is 0 Å². The van der Waals surface area contributed by atoms with Crippen LogP contribution in [0.15, 0.2) is 0 Å². The van der Waals surface area contributed by atoms with Gasteiger partial charge in [-0.25, -0.2) is 0 Å². The second kappa shape index (κ2) is 9.11. The zero-order valence-electron chi connectivity index (χ0n) is 14.2. The summed E-state index contributed by atoms with van der Waals surface area (Å²) in [6.07, 6.45) is 21.3. The number of hydrogen-bond donors (Lipinski definition) is 0. The molecule has 0 aromatic rings. The highest BCUT2D eigenvalue weighted by Crippen LogP contribution is 2.38. The molecule has 0 nitrogen and oxygen atoms in total. The molecule has 118 valence electrons. The number of rotatable bonds is 7. The van der Waals surface area contributed by atoms with Crippen molar-refractivity contribution in [2.75, 3.05) is 0 Å². The van der Waals surface area contributed by atoms with E-state index < -0.39 is 0 Å². The molecule has 20 heavy (non-hydrogen) atoms. The van der Waals surface area contributed by atoms with Crippen molar-refractivity contribution < 1.29 is 0 Å². The highest BCUT2D eigenvalue weighted by molar-refractivity contribution is 4.76. The molecule has 0 atom stereocenters. The van der Waals surface area contributed by atoms with Gasteiger partial charge in [0.25, 0.3) is 0 Å². The van der Waals surface area contributed by atoms with Crippen molar-refractivity contribution in [3.05, 3.63) is 0 Å². The van der Waals surface area contributed by atoms with Crippen molar-refractivity contribution in [3.63, 3.8) is 0 Å². The molecule has 0 aromatic carbocycles. The molecule has 0 heterocycles. The van der Waals surface area contributed by atoms with Crippen molar-refractivity contribution in [3.8, 4) is 0 Å². The topological polar surface area (TPSA) is 0 Å². The molecule has 0 aliphatic heterocycles. The van der Waals surface area contributed by atoms with Gasteiger partial charge in [-0.05, 0) is 23.7 Å². The lowest BCUT2D eigenvalue weighted by molar-refractivity contribution is 0.209. The summed E-state index contributed by atoms with van der Waals surface area (Å²) in [5, 5.41) is 0. The van der Waals surface area contributed by atoms with E-state index in [4.69, 9.17) is 0 Å². The van der Waals surface area contributed by atoms with Crippen molar-refractivity contribution in [1.29, 1.82) is 0 Å². The summed E-state index contributed by atoms with van der Waals surface area (Å²) in [7, 11) is 0. The molecular weight excluding hydrogens is 240 g/mol. The first kappa shape index (κ1) is 16.4. The smallest absolute Gasteiger partial charge is 0.0414 e. The van der Waals surface area contributed by atoms with Gasteiger partial charge < -0.3 is 0 Å². The third kappa shape index (κ3) is 5.41. The lowest BCUT2D eigenvalue weighted by Gasteiger charge is -2.32. The molecule has 0 bridgehead atoms. The first-order chi connectivity index (χ1) is 9.81. The highest BCUT2D eigenvalue weighted by Gasteiger charge is 2.24. The standard InChI is InChI=1S/C20H38/c1-3-5-17-7-11-19(12-8-17)15-16-20-13-9-18(6-4-2)10-14-20/h17-20H,3-16H2,1-2H3/t17-,18-,19-,20-. The summed E-state index contributed by atoms with van der Waals surface area (Å²) in [6, 6.07) is 0. The van der Waals surface area contributed by atoms with Gasteiger partial charge >= 0.3 is 0 Å². The van der Waals surface area contributed by atoms with E-state index in [1.165, 1.54) is 25.7 Å². The van der Waals surface area contributed by atoms with Gasteiger partial charge in [0.05, 0.1) is 0 Å².